The number of nitrogens with zero attached hydrogens (tertiary/aromatic N) is 3. The molecule has 6 nitrogen and oxygen atoms in total. The molecule has 0 aliphatic rings. The minimum Gasteiger partial charge on any atom is -0.494 e. The van der Waals surface area contributed by atoms with Gasteiger partial charge in [0.2, 0.25) is 0 Å². The highest BCUT2D eigenvalue weighted by molar-refractivity contribution is 5.79. The van der Waals surface area contributed by atoms with E-state index in [-0.39, 0.29) is 0 Å². The normalized spacial score (nSPS) is 11.3. The second-order valence-electron chi connectivity index (χ2n) is 6.87. The van der Waals surface area contributed by atoms with Crippen molar-refractivity contribution in [1.82, 2.24) is 20.2 Å². The zero-order valence-electron chi connectivity index (χ0n) is 17.8. The Kier molecular flexibility index (Phi) is 8.33. The third-order valence-corrected chi connectivity index (χ3v) is 4.66. The fraction of sp³-hybridized carbons (Fsp3) is 0.333. The monoisotopic (exact) mass is 405 g/mol. The van der Waals surface area contributed by atoms with Gasteiger partial charge in [0.15, 0.2) is 5.96 Å². The number of hydrogen-bond donors (Lipinski definition) is 2. The van der Waals surface area contributed by atoms with Crippen LogP contribution in [0.5, 0.6) is 5.75 Å². The predicted molar refractivity (Wildman–Crippen MR) is 122 cm³/mol. The number of guanidine groups is 1. The van der Waals surface area contributed by atoms with Gasteiger partial charge in [0.05, 0.1) is 13.2 Å². The van der Waals surface area contributed by atoms with E-state index in [1.807, 2.05) is 43.6 Å². The molecule has 3 aromatic rings. The van der Waals surface area contributed by atoms with E-state index in [1.54, 1.807) is 0 Å². The van der Waals surface area contributed by atoms with Crippen LogP contribution in [0.3, 0.4) is 0 Å². The molecule has 30 heavy (non-hydrogen) atoms. The molecule has 0 aliphatic heterocycles. The number of hydrogen-bond acceptors (Lipinski definition) is 3. The zero-order chi connectivity index (χ0) is 21.0. The molecule has 0 unspecified atom stereocenters. The summed E-state index contributed by atoms with van der Waals surface area (Å²) in [6.07, 6.45) is 4.72. The van der Waals surface area contributed by atoms with Gasteiger partial charge in [0.25, 0.3) is 0 Å². The van der Waals surface area contributed by atoms with Crippen molar-refractivity contribution in [3.63, 3.8) is 0 Å². The molecule has 1 heterocycles. The maximum Gasteiger partial charge on any atom is 0.191 e. The maximum atomic E-state index is 5.70. The van der Waals surface area contributed by atoms with Gasteiger partial charge in [0.1, 0.15) is 11.6 Å². The number of nitrogens with one attached hydrogen (secondary N) is 2. The molecule has 0 amide bonds. The molecule has 0 spiro atoms. The number of rotatable bonds is 10. The van der Waals surface area contributed by atoms with Crippen molar-refractivity contribution in [3.05, 3.63) is 83.9 Å². The van der Waals surface area contributed by atoms with Crippen molar-refractivity contribution < 1.29 is 4.74 Å². The Morgan fingerprint density at radius 2 is 1.83 bits per heavy atom. The molecule has 0 radical (unpaired) electrons. The van der Waals surface area contributed by atoms with Gasteiger partial charge in [-0.15, -0.1) is 0 Å². The van der Waals surface area contributed by atoms with Crippen LogP contribution < -0.4 is 15.4 Å². The van der Waals surface area contributed by atoms with Crippen LogP contribution >= 0.6 is 0 Å². The highest BCUT2D eigenvalue weighted by atomic mass is 16.5. The fourth-order valence-corrected chi connectivity index (χ4v) is 3.22. The molecular formula is C24H31N5O. The minimum atomic E-state index is 0.564. The second-order valence-corrected chi connectivity index (χ2v) is 6.87. The lowest BCUT2D eigenvalue weighted by Gasteiger charge is -2.13. The maximum absolute atomic E-state index is 5.70. The number of aliphatic imine (C=N–C) groups is 1. The molecule has 2 N–H and O–H groups in total. The van der Waals surface area contributed by atoms with Crippen LogP contribution in [0.1, 0.15) is 30.8 Å². The van der Waals surface area contributed by atoms with Crippen molar-refractivity contribution in [2.45, 2.75) is 33.4 Å². The predicted octanol–water partition coefficient (Wildman–Crippen LogP) is 3.63. The summed E-state index contributed by atoms with van der Waals surface area (Å²) in [7, 11) is 0. The standard InChI is InChI=1S/C24H31N5O/c1-3-25-24(28-18-21-12-8-9-13-22(21)30-4-2)27-15-14-23-26-16-17-29(23)19-20-10-6-5-7-11-20/h5-13,16-17H,3-4,14-15,18-19H2,1-2H3,(H2,25,27,28). The summed E-state index contributed by atoms with van der Waals surface area (Å²) >= 11 is 0. The minimum absolute atomic E-state index is 0.564. The van der Waals surface area contributed by atoms with Crippen molar-refractivity contribution >= 4 is 5.96 Å². The Hall–Kier alpha value is -3.28. The van der Waals surface area contributed by atoms with Gasteiger partial charge in [-0.05, 0) is 25.5 Å². The highest BCUT2D eigenvalue weighted by Gasteiger charge is 2.06. The summed E-state index contributed by atoms with van der Waals surface area (Å²) in [6, 6.07) is 18.5. The van der Waals surface area contributed by atoms with Gasteiger partial charge in [-0.25, -0.2) is 9.98 Å². The van der Waals surface area contributed by atoms with Gasteiger partial charge in [-0.2, -0.15) is 0 Å². The third kappa shape index (κ3) is 6.37. The number of imidazole rings is 1. The molecule has 3 rings (SSSR count). The molecule has 0 bridgehead atoms. The van der Waals surface area contributed by atoms with Crippen molar-refractivity contribution in [2.75, 3.05) is 19.7 Å². The van der Waals surface area contributed by atoms with E-state index in [0.717, 1.165) is 49.2 Å². The SMILES string of the molecule is CCNC(=NCc1ccccc1OCC)NCCc1nccn1Cc1ccccc1. The fourth-order valence-electron chi connectivity index (χ4n) is 3.22. The molecule has 2 aromatic carbocycles. The largest absolute Gasteiger partial charge is 0.494 e. The average Bonchev–Trinajstić information content (AvgIpc) is 3.20. The molecule has 0 aliphatic carbocycles. The van der Waals surface area contributed by atoms with Crippen molar-refractivity contribution in [2.24, 2.45) is 4.99 Å². The van der Waals surface area contributed by atoms with Gasteiger partial charge in [0, 0.05) is 44.0 Å². The third-order valence-electron chi connectivity index (χ3n) is 4.66. The second kappa shape index (κ2) is 11.7. The van der Waals surface area contributed by atoms with Crippen molar-refractivity contribution in [3.8, 4) is 5.75 Å². The molecule has 0 saturated heterocycles. The number of benzene rings is 2. The van der Waals surface area contributed by atoms with E-state index >= 15 is 0 Å². The number of ether oxygens (including phenoxy) is 1. The Morgan fingerprint density at radius 3 is 2.63 bits per heavy atom. The summed E-state index contributed by atoms with van der Waals surface area (Å²) in [4.78, 5) is 9.25. The van der Waals surface area contributed by atoms with E-state index < -0.39 is 0 Å². The summed E-state index contributed by atoms with van der Waals surface area (Å²) in [5, 5.41) is 6.73. The first-order valence-corrected chi connectivity index (χ1v) is 10.6. The first kappa shape index (κ1) is 21.4. The van der Waals surface area contributed by atoms with Crippen LogP contribution in [0, 0.1) is 0 Å². The van der Waals surface area contributed by atoms with Gasteiger partial charge < -0.3 is 19.9 Å². The van der Waals surface area contributed by atoms with E-state index in [4.69, 9.17) is 9.73 Å². The highest BCUT2D eigenvalue weighted by Crippen LogP contribution is 2.18. The van der Waals surface area contributed by atoms with Crippen LogP contribution in [0.2, 0.25) is 0 Å². The first-order chi connectivity index (χ1) is 14.8. The van der Waals surface area contributed by atoms with E-state index in [0.29, 0.717) is 13.2 Å². The number of para-hydroxylation sites is 1. The van der Waals surface area contributed by atoms with E-state index in [1.165, 1.54) is 5.56 Å². The topological polar surface area (TPSA) is 63.5 Å². The molecule has 0 fully saturated rings. The zero-order valence-corrected chi connectivity index (χ0v) is 17.8. The van der Waals surface area contributed by atoms with Gasteiger partial charge in [-0.1, -0.05) is 48.5 Å². The summed E-state index contributed by atoms with van der Waals surface area (Å²) in [6.45, 7) is 7.67. The Labute approximate surface area is 179 Å². The molecule has 158 valence electrons. The number of aromatic nitrogens is 2. The first-order valence-electron chi connectivity index (χ1n) is 10.6. The van der Waals surface area contributed by atoms with Gasteiger partial charge >= 0.3 is 0 Å². The summed E-state index contributed by atoms with van der Waals surface area (Å²) in [5.41, 5.74) is 2.35. The lowest BCUT2D eigenvalue weighted by atomic mass is 10.2. The van der Waals surface area contributed by atoms with Crippen LogP contribution in [0.25, 0.3) is 0 Å². The van der Waals surface area contributed by atoms with Gasteiger partial charge in [-0.3, -0.25) is 0 Å². The smallest absolute Gasteiger partial charge is 0.191 e. The Balaban J connectivity index is 1.57. The Morgan fingerprint density at radius 1 is 1.03 bits per heavy atom. The molecule has 0 atom stereocenters. The molecule has 1 aromatic heterocycles. The summed E-state index contributed by atoms with van der Waals surface area (Å²) < 4.78 is 7.89. The van der Waals surface area contributed by atoms with Crippen molar-refractivity contribution in [1.29, 1.82) is 0 Å². The summed E-state index contributed by atoms with van der Waals surface area (Å²) in [5.74, 6) is 2.75. The average molecular weight is 406 g/mol. The van der Waals surface area contributed by atoms with Crippen LogP contribution in [0.4, 0.5) is 0 Å². The molecular weight excluding hydrogens is 374 g/mol. The molecule has 0 saturated carbocycles. The lowest BCUT2D eigenvalue weighted by molar-refractivity contribution is 0.336. The molecule has 6 heteroatoms. The van der Waals surface area contributed by atoms with E-state index in [9.17, 15) is 0 Å². The van der Waals surface area contributed by atoms with Crippen LogP contribution in [0.15, 0.2) is 72.0 Å². The van der Waals surface area contributed by atoms with Crippen LogP contribution in [-0.2, 0) is 19.5 Å². The van der Waals surface area contributed by atoms with E-state index in [2.05, 4.69) is 57.4 Å². The van der Waals surface area contributed by atoms with Crippen LogP contribution in [-0.4, -0.2) is 35.2 Å². The Bertz CT molecular complexity index is 920. The quantitative estimate of drug-likeness (QED) is 0.399. The lowest BCUT2D eigenvalue weighted by Crippen LogP contribution is -2.38.